The molecule has 15 heavy (non-hydrogen) atoms. The summed E-state index contributed by atoms with van der Waals surface area (Å²) in [6.07, 6.45) is 6.57. The molecular formula is C10H10ClN3O. The lowest BCUT2D eigenvalue weighted by molar-refractivity contribution is -0.115. The SMILES string of the molecule is C#CCNCC(=O)Nc1cccnc1Cl. The Bertz CT molecular complexity index is 386. The molecule has 4 nitrogen and oxygen atoms in total. The third-order valence-corrected chi connectivity index (χ3v) is 1.85. The maximum Gasteiger partial charge on any atom is 0.238 e. The molecule has 0 saturated heterocycles. The molecular weight excluding hydrogens is 214 g/mol. The number of rotatable bonds is 4. The van der Waals surface area contributed by atoms with Gasteiger partial charge < -0.3 is 5.32 Å². The second-order valence-corrected chi connectivity index (χ2v) is 3.06. The summed E-state index contributed by atoms with van der Waals surface area (Å²) in [5.74, 6) is 2.16. The molecule has 1 heterocycles. The summed E-state index contributed by atoms with van der Waals surface area (Å²) in [5, 5.41) is 5.63. The number of hydrogen-bond donors (Lipinski definition) is 2. The molecule has 1 amide bonds. The van der Waals surface area contributed by atoms with Crippen LogP contribution in [0.2, 0.25) is 5.15 Å². The Labute approximate surface area is 93.0 Å². The van der Waals surface area contributed by atoms with Crippen LogP contribution in [0, 0.1) is 12.3 Å². The lowest BCUT2D eigenvalue weighted by Crippen LogP contribution is -2.28. The Morgan fingerprint density at radius 3 is 3.13 bits per heavy atom. The Kier molecular flexibility index (Phi) is 4.61. The first-order valence-electron chi connectivity index (χ1n) is 4.28. The van der Waals surface area contributed by atoms with E-state index in [0.717, 1.165) is 0 Å². The molecule has 78 valence electrons. The molecule has 0 aliphatic heterocycles. The van der Waals surface area contributed by atoms with Crippen LogP contribution in [0.25, 0.3) is 0 Å². The zero-order valence-electron chi connectivity index (χ0n) is 7.96. The smallest absolute Gasteiger partial charge is 0.238 e. The lowest BCUT2D eigenvalue weighted by Gasteiger charge is -2.05. The van der Waals surface area contributed by atoms with Gasteiger partial charge in [0.1, 0.15) is 0 Å². The van der Waals surface area contributed by atoms with Crippen LogP contribution in [-0.2, 0) is 4.79 Å². The predicted octanol–water partition coefficient (Wildman–Crippen LogP) is 0.896. The predicted molar refractivity (Wildman–Crippen MR) is 59.6 cm³/mol. The van der Waals surface area contributed by atoms with E-state index in [0.29, 0.717) is 12.2 Å². The lowest BCUT2D eigenvalue weighted by atomic mass is 10.4. The second kappa shape index (κ2) is 6.02. The van der Waals surface area contributed by atoms with Crippen molar-refractivity contribution in [3.05, 3.63) is 23.5 Å². The van der Waals surface area contributed by atoms with Crippen LogP contribution < -0.4 is 10.6 Å². The minimum atomic E-state index is -0.208. The van der Waals surface area contributed by atoms with Crippen molar-refractivity contribution in [1.82, 2.24) is 10.3 Å². The highest BCUT2D eigenvalue weighted by molar-refractivity contribution is 6.32. The molecule has 0 aliphatic carbocycles. The van der Waals surface area contributed by atoms with Gasteiger partial charge in [0.15, 0.2) is 5.15 Å². The number of halogens is 1. The van der Waals surface area contributed by atoms with Crippen LogP contribution in [-0.4, -0.2) is 24.0 Å². The van der Waals surface area contributed by atoms with Crippen molar-refractivity contribution in [2.24, 2.45) is 0 Å². The maximum atomic E-state index is 11.3. The topological polar surface area (TPSA) is 54.0 Å². The molecule has 0 aromatic carbocycles. The number of nitrogens with one attached hydrogen (secondary N) is 2. The number of carbonyl (C=O) groups excluding carboxylic acids is 1. The minimum Gasteiger partial charge on any atom is -0.322 e. The number of hydrogen-bond acceptors (Lipinski definition) is 3. The van der Waals surface area contributed by atoms with Gasteiger partial charge in [0.25, 0.3) is 0 Å². The monoisotopic (exact) mass is 223 g/mol. The van der Waals surface area contributed by atoms with Crippen LogP contribution in [0.4, 0.5) is 5.69 Å². The summed E-state index contributed by atoms with van der Waals surface area (Å²) in [6.45, 7) is 0.504. The molecule has 0 bridgehead atoms. The van der Waals surface area contributed by atoms with E-state index in [9.17, 15) is 4.79 Å². The van der Waals surface area contributed by atoms with E-state index in [-0.39, 0.29) is 17.6 Å². The number of anilines is 1. The summed E-state index contributed by atoms with van der Waals surface area (Å²) >= 11 is 5.75. The Morgan fingerprint density at radius 2 is 2.47 bits per heavy atom. The van der Waals surface area contributed by atoms with Gasteiger partial charge in [-0.2, -0.15) is 0 Å². The Morgan fingerprint density at radius 1 is 1.67 bits per heavy atom. The van der Waals surface area contributed by atoms with E-state index in [1.165, 1.54) is 0 Å². The Balaban J connectivity index is 2.45. The van der Waals surface area contributed by atoms with E-state index in [2.05, 4.69) is 21.5 Å². The highest BCUT2D eigenvalue weighted by Gasteiger charge is 2.04. The molecule has 0 spiro atoms. The first-order chi connectivity index (χ1) is 7.24. The van der Waals surface area contributed by atoms with Gasteiger partial charge in [-0.3, -0.25) is 10.1 Å². The fourth-order valence-corrected chi connectivity index (χ4v) is 1.09. The van der Waals surface area contributed by atoms with Crippen LogP contribution in [0.1, 0.15) is 0 Å². The fourth-order valence-electron chi connectivity index (χ4n) is 0.922. The van der Waals surface area contributed by atoms with Crippen LogP contribution >= 0.6 is 11.6 Å². The molecule has 0 fully saturated rings. The molecule has 0 aliphatic rings. The van der Waals surface area contributed by atoms with Gasteiger partial charge in [-0.1, -0.05) is 17.5 Å². The zero-order valence-corrected chi connectivity index (χ0v) is 8.71. The van der Waals surface area contributed by atoms with Gasteiger partial charge in [-0.25, -0.2) is 4.98 Å². The average Bonchev–Trinajstić information content (AvgIpc) is 2.22. The summed E-state index contributed by atoms with van der Waals surface area (Å²) in [7, 11) is 0. The molecule has 0 saturated carbocycles. The number of carbonyl (C=O) groups is 1. The Hall–Kier alpha value is -1.57. The van der Waals surface area contributed by atoms with E-state index < -0.39 is 0 Å². The highest BCUT2D eigenvalue weighted by atomic mass is 35.5. The van der Waals surface area contributed by atoms with Gasteiger partial charge in [-0.15, -0.1) is 6.42 Å². The number of pyridine rings is 1. The first-order valence-corrected chi connectivity index (χ1v) is 4.66. The molecule has 1 rings (SSSR count). The van der Waals surface area contributed by atoms with E-state index in [1.54, 1.807) is 18.3 Å². The van der Waals surface area contributed by atoms with Crippen molar-refractivity contribution in [3.63, 3.8) is 0 Å². The molecule has 0 unspecified atom stereocenters. The van der Waals surface area contributed by atoms with Gasteiger partial charge in [0.2, 0.25) is 5.91 Å². The van der Waals surface area contributed by atoms with Gasteiger partial charge in [0, 0.05) is 6.20 Å². The number of nitrogens with zero attached hydrogens (tertiary/aromatic N) is 1. The molecule has 5 heteroatoms. The minimum absolute atomic E-state index is 0.148. The van der Waals surface area contributed by atoms with E-state index >= 15 is 0 Å². The summed E-state index contributed by atoms with van der Waals surface area (Å²) < 4.78 is 0. The standard InChI is InChI=1S/C10H10ClN3O/c1-2-5-12-7-9(15)14-8-4-3-6-13-10(8)11/h1,3-4,6,12H,5,7H2,(H,14,15). The van der Waals surface area contributed by atoms with Crippen molar-refractivity contribution < 1.29 is 4.79 Å². The van der Waals surface area contributed by atoms with Crippen LogP contribution in [0.3, 0.4) is 0 Å². The van der Waals surface area contributed by atoms with E-state index in [1.807, 2.05) is 0 Å². The zero-order chi connectivity index (χ0) is 11.1. The number of amides is 1. The molecule has 0 radical (unpaired) electrons. The third kappa shape index (κ3) is 3.98. The van der Waals surface area contributed by atoms with Crippen LogP contribution in [0.15, 0.2) is 18.3 Å². The quantitative estimate of drug-likeness (QED) is 0.453. The van der Waals surface area contributed by atoms with Crippen LogP contribution in [0.5, 0.6) is 0 Å². The molecule has 1 aromatic heterocycles. The van der Waals surface area contributed by atoms with Crippen molar-refractivity contribution in [3.8, 4) is 12.3 Å². The molecule has 1 aromatic rings. The van der Waals surface area contributed by atoms with Gasteiger partial charge in [0.05, 0.1) is 18.8 Å². The van der Waals surface area contributed by atoms with Gasteiger partial charge >= 0.3 is 0 Å². The van der Waals surface area contributed by atoms with Crippen molar-refractivity contribution >= 4 is 23.2 Å². The van der Waals surface area contributed by atoms with Crippen molar-refractivity contribution in [2.45, 2.75) is 0 Å². The fraction of sp³-hybridized carbons (Fsp3) is 0.200. The maximum absolute atomic E-state index is 11.3. The summed E-state index contributed by atoms with van der Waals surface area (Å²) in [6, 6.07) is 3.37. The molecule has 2 N–H and O–H groups in total. The molecule has 0 atom stereocenters. The number of terminal acetylenes is 1. The largest absolute Gasteiger partial charge is 0.322 e. The number of aromatic nitrogens is 1. The highest BCUT2D eigenvalue weighted by Crippen LogP contribution is 2.16. The van der Waals surface area contributed by atoms with E-state index in [4.69, 9.17) is 18.0 Å². The normalized spacial score (nSPS) is 9.33. The summed E-state index contributed by atoms with van der Waals surface area (Å²) in [4.78, 5) is 15.1. The van der Waals surface area contributed by atoms with Gasteiger partial charge in [-0.05, 0) is 12.1 Å². The second-order valence-electron chi connectivity index (χ2n) is 2.70. The average molecular weight is 224 g/mol. The third-order valence-electron chi connectivity index (χ3n) is 1.55. The van der Waals surface area contributed by atoms with Crippen molar-refractivity contribution in [2.75, 3.05) is 18.4 Å². The first kappa shape index (κ1) is 11.5. The van der Waals surface area contributed by atoms with Crippen molar-refractivity contribution in [1.29, 1.82) is 0 Å². The summed E-state index contributed by atoms with van der Waals surface area (Å²) in [5.41, 5.74) is 0.492.